The van der Waals surface area contributed by atoms with E-state index in [0.29, 0.717) is 30.7 Å². The maximum absolute atomic E-state index is 12.8. The minimum Gasteiger partial charge on any atom is -0.383 e. The van der Waals surface area contributed by atoms with Crippen LogP contribution in [0.4, 0.5) is 5.82 Å². The summed E-state index contributed by atoms with van der Waals surface area (Å²) in [5.74, 6) is 1.38. The lowest BCUT2D eigenvalue weighted by atomic mass is 10.0. The molecular formula is C30H29N7O2. The van der Waals surface area contributed by atoms with Gasteiger partial charge in [0, 0.05) is 37.3 Å². The van der Waals surface area contributed by atoms with Gasteiger partial charge in [-0.15, -0.1) is 0 Å². The summed E-state index contributed by atoms with van der Waals surface area (Å²) >= 11 is 0. The van der Waals surface area contributed by atoms with Gasteiger partial charge in [-0.1, -0.05) is 49.0 Å². The average molecular weight is 520 g/mol. The van der Waals surface area contributed by atoms with Crippen LogP contribution in [0.15, 0.2) is 67.5 Å². The number of aromatic nitrogens is 4. The number of carbonyl (C=O) groups is 2. The summed E-state index contributed by atoms with van der Waals surface area (Å²) in [6.07, 6.45) is 4.78. The van der Waals surface area contributed by atoms with E-state index < -0.39 is 0 Å². The number of hydrogen-bond acceptors (Lipinski definition) is 6. The highest BCUT2D eigenvalue weighted by Crippen LogP contribution is 2.45. The highest BCUT2D eigenvalue weighted by Gasteiger charge is 2.43. The number of amides is 2. The van der Waals surface area contributed by atoms with Crippen molar-refractivity contribution >= 4 is 28.7 Å². The minimum absolute atomic E-state index is 0.00960. The number of benzene rings is 2. The van der Waals surface area contributed by atoms with Crippen molar-refractivity contribution in [1.82, 2.24) is 29.5 Å². The summed E-state index contributed by atoms with van der Waals surface area (Å²) in [6, 6.07) is 16.1. The Morgan fingerprint density at radius 2 is 1.79 bits per heavy atom. The first-order valence-electron chi connectivity index (χ1n) is 13.4. The average Bonchev–Trinajstić information content (AvgIpc) is 3.70. The van der Waals surface area contributed by atoms with E-state index in [-0.39, 0.29) is 17.9 Å². The molecule has 1 aliphatic carbocycles. The summed E-state index contributed by atoms with van der Waals surface area (Å²) in [4.78, 5) is 37.5. The van der Waals surface area contributed by atoms with Gasteiger partial charge in [0.15, 0.2) is 5.65 Å². The number of nitrogen functional groups attached to an aromatic ring is 1. The Bertz CT molecular complexity index is 1610. The maximum atomic E-state index is 12.8. The van der Waals surface area contributed by atoms with Gasteiger partial charge in [-0.25, -0.2) is 14.6 Å². The van der Waals surface area contributed by atoms with Crippen LogP contribution < -0.4 is 5.73 Å². The van der Waals surface area contributed by atoms with Gasteiger partial charge in [-0.3, -0.25) is 9.59 Å². The van der Waals surface area contributed by atoms with Crippen molar-refractivity contribution in [3.05, 3.63) is 84.2 Å². The molecule has 2 atom stereocenters. The van der Waals surface area contributed by atoms with Crippen LogP contribution in [0.2, 0.25) is 0 Å². The van der Waals surface area contributed by atoms with Gasteiger partial charge in [-0.2, -0.15) is 5.10 Å². The van der Waals surface area contributed by atoms with Crippen LogP contribution in [0.1, 0.15) is 40.4 Å². The molecule has 2 aromatic heterocycles. The number of nitrogens with zero attached hydrogens (tertiary/aromatic N) is 6. The fraction of sp³-hybridized carbons (Fsp3) is 0.300. The van der Waals surface area contributed by atoms with Crippen LogP contribution >= 0.6 is 0 Å². The summed E-state index contributed by atoms with van der Waals surface area (Å²) in [6.45, 7) is 6.33. The summed E-state index contributed by atoms with van der Waals surface area (Å²) in [7, 11) is 0. The monoisotopic (exact) mass is 519 g/mol. The van der Waals surface area contributed by atoms with Crippen LogP contribution in [0.3, 0.4) is 0 Å². The molecule has 2 aromatic carbocycles. The number of likely N-dealkylation sites (tertiary alicyclic amines) is 1. The molecule has 196 valence electrons. The molecule has 1 saturated heterocycles. The summed E-state index contributed by atoms with van der Waals surface area (Å²) < 4.78 is 2.02. The van der Waals surface area contributed by atoms with E-state index >= 15 is 0 Å². The molecule has 0 radical (unpaired) electrons. The standard InChI is InChI=1S/C30H29N7O2/c1-2-25(38)35-15-21-11-23(12-22(21)16-35)37-29-26(28(31)32-17-33-29)27(34-37)19-9-7-18(8-10-19)13-36-14-20-5-3-4-6-24(20)30(36)39/h2-10,17,21-23H,1,11-16H2,(H2,31,32,33). The zero-order valence-electron chi connectivity index (χ0n) is 21.5. The van der Waals surface area contributed by atoms with Crippen LogP contribution in [-0.2, 0) is 17.9 Å². The normalized spacial score (nSPS) is 21.9. The second kappa shape index (κ2) is 9.04. The number of anilines is 1. The number of rotatable bonds is 5. The van der Waals surface area contributed by atoms with E-state index in [9.17, 15) is 9.59 Å². The predicted octanol–water partition coefficient (Wildman–Crippen LogP) is 3.83. The Hall–Kier alpha value is -4.53. The highest BCUT2D eigenvalue weighted by molar-refractivity contribution is 5.99. The number of carbonyl (C=O) groups excluding carboxylic acids is 2. The van der Waals surface area contributed by atoms with Gasteiger partial charge in [0.25, 0.3) is 5.91 Å². The third-order valence-corrected chi connectivity index (χ3v) is 8.57. The van der Waals surface area contributed by atoms with E-state index in [1.54, 1.807) is 0 Å². The second-order valence-corrected chi connectivity index (χ2v) is 10.9. The Morgan fingerprint density at radius 3 is 2.51 bits per heavy atom. The third kappa shape index (κ3) is 3.88. The van der Waals surface area contributed by atoms with Crippen molar-refractivity contribution < 1.29 is 9.59 Å². The molecule has 1 saturated carbocycles. The van der Waals surface area contributed by atoms with Crippen LogP contribution in [-0.4, -0.2) is 54.5 Å². The molecule has 3 aliphatic rings. The van der Waals surface area contributed by atoms with E-state index in [2.05, 4.69) is 16.5 Å². The smallest absolute Gasteiger partial charge is 0.254 e. The Labute approximate surface area is 225 Å². The van der Waals surface area contributed by atoms with Gasteiger partial charge >= 0.3 is 0 Å². The zero-order chi connectivity index (χ0) is 26.7. The first-order chi connectivity index (χ1) is 19.0. The first-order valence-corrected chi connectivity index (χ1v) is 13.4. The molecule has 39 heavy (non-hydrogen) atoms. The van der Waals surface area contributed by atoms with Crippen LogP contribution in [0, 0.1) is 11.8 Å². The van der Waals surface area contributed by atoms with Gasteiger partial charge in [0.1, 0.15) is 17.8 Å². The van der Waals surface area contributed by atoms with Crippen molar-refractivity contribution in [2.45, 2.75) is 32.0 Å². The fourth-order valence-corrected chi connectivity index (χ4v) is 6.66. The summed E-state index contributed by atoms with van der Waals surface area (Å²) in [5.41, 5.74) is 11.7. The Balaban J connectivity index is 1.14. The second-order valence-electron chi connectivity index (χ2n) is 10.9. The van der Waals surface area contributed by atoms with Crippen LogP contribution in [0.5, 0.6) is 0 Å². The van der Waals surface area contributed by atoms with E-state index in [1.807, 2.05) is 63.0 Å². The van der Waals surface area contributed by atoms with Crippen molar-refractivity contribution in [1.29, 1.82) is 0 Å². The Morgan fingerprint density at radius 1 is 1.05 bits per heavy atom. The largest absolute Gasteiger partial charge is 0.383 e. The highest BCUT2D eigenvalue weighted by atomic mass is 16.2. The van der Waals surface area contributed by atoms with Crippen molar-refractivity contribution in [3.63, 3.8) is 0 Å². The molecular weight excluding hydrogens is 490 g/mol. The predicted molar refractivity (Wildman–Crippen MR) is 147 cm³/mol. The minimum atomic E-state index is 0.00960. The molecule has 2 N–H and O–H groups in total. The van der Waals surface area contributed by atoms with Crippen LogP contribution in [0.25, 0.3) is 22.3 Å². The molecule has 4 aromatic rings. The molecule has 9 heteroatoms. The molecule has 0 spiro atoms. The van der Waals surface area contributed by atoms with Gasteiger partial charge in [0.2, 0.25) is 5.91 Å². The molecule has 2 aliphatic heterocycles. The molecule has 0 bridgehead atoms. The SMILES string of the molecule is C=CC(=O)N1CC2CC(n3nc(-c4ccc(CN5Cc6ccccc6C5=O)cc4)c4c(N)ncnc43)CC2C1. The number of nitrogens with two attached hydrogens (primary N) is 1. The summed E-state index contributed by atoms with van der Waals surface area (Å²) in [5, 5.41) is 5.81. The lowest BCUT2D eigenvalue weighted by Crippen LogP contribution is -2.28. The molecule has 7 rings (SSSR count). The topological polar surface area (TPSA) is 110 Å². The van der Waals surface area contributed by atoms with Gasteiger partial charge < -0.3 is 15.5 Å². The van der Waals surface area contributed by atoms with Gasteiger partial charge in [-0.05, 0) is 47.9 Å². The third-order valence-electron chi connectivity index (χ3n) is 8.57. The molecule has 4 heterocycles. The van der Waals surface area contributed by atoms with E-state index in [4.69, 9.17) is 10.8 Å². The first kappa shape index (κ1) is 23.6. The zero-order valence-corrected chi connectivity index (χ0v) is 21.5. The van der Waals surface area contributed by atoms with Crippen molar-refractivity contribution in [2.24, 2.45) is 11.8 Å². The molecule has 2 unspecified atom stereocenters. The lowest BCUT2D eigenvalue weighted by Gasteiger charge is -2.18. The Kier molecular flexibility index (Phi) is 5.47. The molecule has 9 nitrogen and oxygen atoms in total. The molecule has 2 amide bonds. The number of hydrogen-bond donors (Lipinski definition) is 1. The fourth-order valence-electron chi connectivity index (χ4n) is 6.66. The van der Waals surface area contributed by atoms with E-state index in [0.717, 1.165) is 64.9 Å². The number of fused-ring (bicyclic) bond motifs is 3. The maximum Gasteiger partial charge on any atom is 0.254 e. The van der Waals surface area contributed by atoms with Crippen molar-refractivity contribution in [3.8, 4) is 11.3 Å². The lowest BCUT2D eigenvalue weighted by molar-refractivity contribution is -0.125. The van der Waals surface area contributed by atoms with Crippen molar-refractivity contribution in [2.75, 3.05) is 18.8 Å². The van der Waals surface area contributed by atoms with E-state index in [1.165, 1.54) is 12.4 Å². The quantitative estimate of drug-likeness (QED) is 0.402. The van der Waals surface area contributed by atoms with Gasteiger partial charge in [0.05, 0.1) is 11.4 Å². The molecule has 2 fully saturated rings.